The van der Waals surface area contributed by atoms with Crippen molar-refractivity contribution in [2.75, 3.05) is 62.7 Å². The van der Waals surface area contributed by atoms with Crippen molar-refractivity contribution in [3.63, 3.8) is 0 Å². The molecule has 0 amide bonds. The number of rotatable bonds is 9. The Hall–Kier alpha value is -4.27. The smallest absolute Gasteiger partial charge is 0.318 e. The van der Waals surface area contributed by atoms with Crippen molar-refractivity contribution < 1.29 is 4.74 Å². The molecule has 2 saturated heterocycles. The number of imidazole rings is 1. The van der Waals surface area contributed by atoms with Gasteiger partial charge in [-0.15, -0.1) is 0 Å². The van der Waals surface area contributed by atoms with E-state index in [9.17, 15) is 0 Å². The van der Waals surface area contributed by atoms with Gasteiger partial charge < -0.3 is 24.0 Å². The average Bonchev–Trinajstić information content (AvgIpc) is 3.81. The summed E-state index contributed by atoms with van der Waals surface area (Å²) >= 11 is 0. The topological polar surface area (TPSA) is 87.3 Å². The van der Waals surface area contributed by atoms with Crippen LogP contribution in [0, 0.1) is 6.92 Å². The number of nitrogens with zero attached hydrogens (tertiary/aromatic N) is 9. The Balaban J connectivity index is 0.000000580. The van der Waals surface area contributed by atoms with Crippen molar-refractivity contribution in [3.05, 3.63) is 71.9 Å². The number of aryl methyl sites for hydroxylation is 2. The van der Waals surface area contributed by atoms with Gasteiger partial charge in [0.1, 0.15) is 5.82 Å². The predicted octanol–water partition coefficient (Wildman–Crippen LogP) is 6.04. The fourth-order valence-electron chi connectivity index (χ4n) is 6.82. The van der Waals surface area contributed by atoms with Crippen LogP contribution in [-0.4, -0.2) is 89.4 Å². The van der Waals surface area contributed by atoms with Crippen LogP contribution in [0.3, 0.4) is 0 Å². The van der Waals surface area contributed by atoms with E-state index in [-0.39, 0.29) is 6.04 Å². The van der Waals surface area contributed by atoms with Gasteiger partial charge in [0.2, 0.25) is 0 Å². The molecule has 2 aromatic carbocycles. The number of fused-ring (bicyclic) bond motifs is 2. The highest BCUT2D eigenvalue weighted by Gasteiger charge is 2.28. The normalized spacial score (nSPS) is 16.7. The second-order valence-electron chi connectivity index (χ2n) is 12.8. The third-order valence-electron chi connectivity index (χ3n) is 9.38. The van der Waals surface area contributed by atoms with Gasteiger partial charge in [0.15, 0.2) is 0 Å². The van der Waals surface area contributed by atoms with Gasteiger partial charge in [-0.25, -0.2) is 15.0 Å². The van der Waals surface area contributed by atoms with E-state index >= 15 is 0 Å². The maximum absolute atomic E-state index is 5.85. The highest BCUT2D eigenvalue weighted by Crippen LogP contribution is 2.36. The summed E-state index contributed by atoms with van der Waals surface area (Å²) in [5.41, 5.74) is 4.89. The lowest BCUT2D eigenvalue weighted by Crippen LogP contribution is -2.38. The molecule has 0 saturated carbocycles. The largest absolute Gasteiger partial charge is 0.464 e. The number of benzene rings is 2. The molecule has 3 aliphatic rings. The molecule has 0 aliphatic carbocycles. The van der Waals surface area contributed by atoms with E-state index in [0.717, 1.165) is 76.5 Å². The number of likely N-dealkylation sites (tertiary alicyclic amines) is 1. The summed E-state index contributed by atoms with van der Waals surface area (Å²) in [6.07, 6.45) is 12.2. The van der Waals surface area contributed by atoms with E-state index in [1.54, 1.807) is 6.20 Å². The molecule has 0 spiro atoms. The number of piperidine rings is 1. The van der Waals surface area contributed by atoms with Gasteiger partial charge in [0, 0.05) is 55.2 Å². The lowest BCUT2D eigenvalue weighted by Gasteiger charge is -2.36. The van der Waals surface area contributed by atoms with Crippen LogP contribution in [0.25, 0.3) is 10.8 Å². The fourth-order valence-corrected chi connectivity index (χ4v) is 6.82. The zero-order valence-corrected chi connectivity index (χ0v) is 28.3. The summed E-state index contributed by atoms with van der Waals surface area (Å²) in [7, 11) is 2.17. The quantitative estimate of drug-likeness (QED) is 0.164. The fraction of sp³-hybridized carbons (Fsp3) is 0.514. The summed E-state index contributed by atoms with van der Waals surface area (Å²) in [6, 6.07) is 16.8. The molecule has 0 radical (unpaired) electrons. The summed E-state index contributed by atoms with van der Waals surface area (Å²) < 4.78 is 7.91. The van der Waals surface area contributed by atoms with Gasteiger partial charge >= 0.3 is 6.01 Å². The van der Waals surface area contributed by atoms with Crippen molar-refractivity contribution in [2.24, 2.45) is 9.98 Å². The van der Waals surface area contributed by atoms with Crippen molar-refractivity contribution in [2.45, 2.75) is 71.5 Å². The summed E-state index contributed by atoms with van der Waals surface area (Å²) in [4.78, 5) is 30.1. The molecular weight excluding hydrogens is 586 g/mol. The monoisotopic (exact) mass is 635 g/mol. The van der Waals surface area contributed by atoms with E-state index in [0.29, 0.717) is 12.6 Å². The minimum atomic E-state index is 0.248. The number of ether oxygens (including phenoxy) is 1. The summed E-state index contributed by atoms with van der Waals surface area (Å²) in [6.45, 7) is 12.5. The molecule has 5 heterocycles. The van der Waals surface area contributed by atoms with Crippen LogP contribution in [0.4, 0.5) is 11.5 Å². The maximum Gasteiger partial charge on any atom is 0.318 e. The number of anilines is 2. The van der Waals surface area contributed by atoms with Crippen LogP contribution in [-0.2, 0) is 19.5 Å². The lowest BCUT2D eigenvalue weighted by atomic mass is 9.99. The van der Waals surface area contributed by atoms with E-state index in [4.69, 9.17) is 14.7 Å². The standard InChI is InChI=1S/C32H38N8O.C5H11N/c1-3-41-32-36-28-21-40(29-10-5-9-25-8-4-7-24(2)30(25)29)19-13-27(28)31(37-32)39-17-11-26(12-18-39)35-22-33-14-6-16-38-20-15-34-23-38;1-6-4-2-3-5-6/h4-5,7-10,15,20,23,26H,3,6,11-14,16-19,21H2,1-2H3;2-5H2,1H3. The van der Waals surface area contributed by atoms with Crippen LogP contribution in [0.5, 0.6) is 6.01 Å². The Bertz CT molecular complexity index is 1640. The second kappa shape index (κ2) is 16.0. The van der Waals surface area contributed by atoms with E-state index in [1.165, 1.54) is 53.5 Å². The summed E-state index contributed by atoms with van der Waals surface area (Å²) in [5, 5.41) is 2.60. The molecule has 47 heavy (non-hydrogen) atoms. The number of hydrogen-bond acceptors (Lipinski definition) is 9. The first-order chi connectivity index (χ1) is 23.1. The van der Waals surface area contributed by atoms with Crippen molar-refractivity contribution >= 4 is 28.3 Å². The van der Waals surface area contributed by atoms with Crippen LogP contribution in [0.15, 0.2) is 65.1 Å². The van der Waals surface area contributed by atoms with Gasteiger partial charge in [-0.3, -0.25) is 0 Å². The molecule has 2 fully saturated rings. The third-order valence-corrected chi connectivity index (χ3v) is 9.38. The highest BCUT2D eigenvalue weighted by atomic mass is 16.5. The number of hydrogen-bond donors (Lipinski definition) is 0. The van der Waals surface area contributed by atoms with E-state index < -0.39 is 0 Å². The Labute approximate surface area is 279 Å². The zero-order valence-electron chi connectivity index (χ0n) is 28.3. The summed E-state index contributed by atoms with van der Waals surface area (Å²) in [5.74, 6) is 1.03. The number of aromatic nitrogens is 4. The molecule has 10 nitrogen and oxygen atoms in total. The second-order valence-corrected chi connectivity index (χ2v) is 12.8. The first-order valence-electron chi connectivity index (χ1n) is 17.4. The van der Waals surface area contributed by atoms with Crippen LogP contribution < -0.4 is 14.5 Å². The maximum atomic E-state index is 5.85. The lowest BCUT2D eigenvalue weighted by molar-refractivity contribution is 0.310. The molecule has 0 unspecified atom stereocenters. The SMILES string of the molecule is CCOc1nc2c(c(N3CCC(N=C=NCCCn4ccnc4)CC3)n1)CCN(c1cccc3cccc(C)c13)C2.CN1CCCC1. The van der Waals surface area contributed by atoms with Crippen molar-refractivity contribution in [1.82, 2.24) is 24.4 Å². The molecule has 2 aromatic heterocycles. The van der Waals surface area contributed by atoms with E-state index in [1.807, 2.05) is 19.4 Å². The van der Waals surface area contributed by atoms with Crippen molar-refractivity contribution in [1.29, 1.82) is 0 Å². The first-order valence-corrected chi connectivity index (χ1v) is 17.4. The molecule has 10 heteroatoms. The predicted molar refractivity (Wildman–Crippen MR) is 190 cm³/mol. The van der Waals surface area contributed by atoms with Gasteiger partial charge in [0.05, 0.1) is 43.8 Å². The molecule has 0 bridgehead atoms. The molecule has 4 aromatic rings. The van der Waals surface area contributed by atoms with Crippen LogP contribution in [0.1, 0.15) is 55.8 Å². The Morgan fingerprint density at radius 3 is 2.51 bits per heavy atom. The Morgan fingerprint density at radius 1 is 0.979 bits per heavy atom. The zero-order chi connectivity index (χ0) is 32.4. The Kier molecular flexibility index (Phi) is 11.1. The van der Waals surface area contributed by atoms with Gasteiger partial charge in [-0.05, 0) is 89.5 Å². The van der Waals surface area contributed by atoms with Crippen LogP contribution in [0.2, 0.25) is 0 Å². The molecule has 248 valence electrons. The minimum absolute atomic E-state index is 0.248. The van der Waals surface area contributed by atoms with Crippen molar-refractivity contribution in [3.8, 4) is 6.01 Å². The molecule has 0 atom stereocenters. The molecule has 3 aliphatic heterocycles. The van der Waals surface area contributed by atoms with Crippen LogP contribution >= 0.6 is 0 Å². The van der Waals surface area contributed by atoms with E-state index in [2.05, 4.69) is 90.6 Å². The molecular formula is C37H49N9O. The minimum Gasteiger partial charge on any atom is -0.464 e. The average molecular weight is 636 g/mol. The first kappa shape index (κ1) is 32.7. The number of aliphatic imine (C=N–C) groups is 2. The Morgan fingerprint density at radius 2 is 1.79 bits per heavy atom. The third kappa shape index (κ3) is 8.37. The molecule has 0 N–H and O–H groups in total. The highest BCUT2D eigenvalue weighted by molar-refractivity contribution is 5.97. The molecule has 7 rings (SSSR count). The van der Waals surface area contributed by atoms with Gasteiger partial charge in [0.25, 0.3) is 0 Å². The van der Waals surface area contributed by atoms with Gasteiger partial charge in [-0.1, -0.05) is 30.3 Å². The van der Waals surface area contributed by atoms with Gasteiger partial charge in [-0.2, -0.15) is 9.97 Å².